The first-order valence-corrected chi connectivity index (χ1v) is 10.1. The van der Waals surface area contributed by atoms with Crippen LogP contribution in [0.3, 0.4) is 0 Å². The Bertz CT molecular complexity index is 597. The summed E-state index contributed by atoms with van der Waals surface area (Å²) in [4.78, 5) is 32.1. The molecular formula is C24H40O6. The van der Waals surface area contributed by atoms with Crippen LogP contribution in [0.1, 0.15) is 53.5 Å². The molecule has 172 valence electrons. The number of carbonyl (C=O) groups is 3. The van der Waals surface area contributed by atoms with E-state index >= 15 is 0 Å². The van der Waals surface area contributed by atoms with Crippen LogP contribution in [0.2, 0.25) is 0 Å². The van der Waals surface area contributed by atoms with E-state index in [-0.39, 0.29) is 35.7 Å². The first-order chi connectivity index (χ1) is 14.0. The summed E-state index contributed by atoms with van der Waals surface area (Å²) in [5, 5.41) is 0. The molecule has 1 aromatic carbocycles. The second kappa shape index (κ2) is 17.9. The number of hydrogen-bond donors (Lipinski definition) is 0. The van der Waals surface area contributed by atoms with Crippen LogP contribution >= 0.6 is 0 Å². The molecule has 1 aromatic rings. The Hall–Kier alpha value is -1.89. The molecule has 0 radical (unpaired) electrons. The van der Waals surface area contributed by atoms with Gasteiger partial charge in [0.05, 0.1) is 0 Å². The molecule has 0 bridgehead atoms. The Morgan fingerprint density at radius 3 is 1.43 bits per heavy atom. The largest absolute Gasteiger partial charge is 0.374 e. The predicted octanol–water partition coefficient (Wildman–Crippen LogP) is 4.08. The van der Waals surface area contributed by atoms with E-state index in [1.807, 2.05) is 30.3 Å². The van der Waals surface area contributed by atoms with Gasteiger partial charge in [-0.25, -0.2) is 0 Å². The minimum atomic E-state index is -0.303. The number of benzene rings is 1. The van der Waals surface area contributed by atoms with Crippen molar-refractivity contribution in [1.82, 2.24) is 0 Å². The molecule has 0 aliphatic rings. The fraction of sp³-hybridized carbons (Fsp3) is 0.625. The highest BCUT2D eigenvalue weighted by Gasteiger charge is 2.14. The summed E-state index contributed by atoms with van der Waals surface area (Å²) >= 11 is 0. The summed E-state index contributed by atoms with van der Waals surface area (Å²) in [6.07, 6.45) is 0.751. The van der Waals surface area contributed by atoms with Gasteiger partial charge in [-0.3, -0.25) is 14.4 Å². The third kappa shape index (κ3) is 16.0. The van der Waals surface area contributed by atoms with Crippen molar-refractivity contribution in [3.63, 3.8) is 0 Å². The second-order valence-corrected chi connectivity index (χ2v) is 7.48. The van der Waals surface area contributed by atoms with Crippen molar-refractivity contribution in [1.29, 1.82) is 0 Å². The van der Waals surface area contributed by atoms with Gasteiger partial charge in [0.2, 0.25) is 0 Å². The van der Waals surface area contributed by atoms with Gasteiger partial charge in [0.15, 0.2) is 17.3 Å². The zero-order chi connectivity index (χ0) is 23.7. The lowest BCUT2D eigenvalue weighted by Crippen LogP contribution is -2.22. The number of methoxy groups -OCH3 is 3. The van der Waals surface area contributed by atoms with E-state index in [0.717, 1.165) is 12.0 Å². The average molecular weight is 425 g/mol. The van der Waals surface area contributed by atoms with Crippen LogP contribution in [0.15, 0.2) is 30.3 Å². The molecule has 1 rings (SSSR count). The van der Waals surface area contributed by atoms with Crippen LogP contribution in [0.5, 0.6) is 0 Å². The van der Waals surface area contributed by atoms with Gasteiger partial charge in [0, 0.05) is 27.8 Å². The predicted molar refractivity (Wildman–Crippen MR) is 120 cm³/mol. The molecule has 6 heteroatoms. The lowest BCUT2D eigenvalue weighted by atomic mass is 10.0. The van der Waals surface area contributed by atoms with E-state index in [9.17, 15) is 14.4 Å². The highest BCUT2D eigenvalue weighted by Crippen LogP contribution is 2.08. The zero-order valence-corrected chi connectivity index (χ0v) is 20.1. The molecule has 30 heavy (non-hydrogen) atoms. The molecule has 0 amide bonds. The summed E-state index contributed by atoms with van der Waals surface area (Å²) in [6, 6.07) is 9.87. The van der Waals surface area contributed by atoms with Crippen molar-refractivity contribution >= 4 is 17.3 Å². The van der Waals surface area contributed by atoms with Crippen LogP contribution in [-0.2, 0) is 35.0 Å². The van der Waals surface area contributed by atoms with Crippen LogP contribution in [-0.4, -0.2) is 57.0 Å². The van der Waals surface area contributed by atoms with Gasteiger partial charge in [-0.05, 0) is 45.6 Å². The number of carbonyl (C=O) groups excluding carboxylic acids is 3. The van der Waals surface area contributed by atoms with Gasteiger partial charge >= 0.3 is 0 Å². The molecule has 0 saturated carbocycles. The van der Waals surface area contributed by atoms with Crippen molar-refractivity contribution in [2.45, 2.75) is 72.7 Å². The molecule has 0 aliphatic carbocycles. The normalized spacial score (nSPS) is 13.1. The fourth-order valence-corrected chi connectivity index (χ4v) is 2.24. The Kier molecular flexibility index (Phi) is 18.1. The summed E-state index contributed by atoms with van der Waals surface area (Å²) < 4.78 is 14.7. The number of hydrogen-bond acceptors (Lipinski definition) is 6. The smallest absolute Gasteiger partial charge is 0.158 e. The summed E-state index contributed by atoms with van der Waals surface area (Å²) in [7, 11) is 4.66. The summed E-state index contributed by atoms with van der Waals surface area (Å²) in [6.45, 7) is 10.5. The highest BCUT2D eigenvalue weighted by molar-refractivity contribution is 5.81. The number of ketones is 3. The third-order valence-corrected chi connectivity index (χ3v) is 4.35. The van der Waals surface area contributed by atoms with E-state index in [1.165, 1.54) is 14.0 Å². The van der Waals surface area contributed by atoms with E-state index in [4.69, 9.17) is 9.47 Å². The van der Waals surface area contributed by atoms with Gasteiger partial charge in [-0.2, -0.15) is 0 Å². The quantitative estimate of drug-likeness (QED) is 0.563. The molecular weight excluding hydrogens is 384 g/mol. The Morgan fingerprint density at radius 1 is 0.733 bits per heavy atom. The third-order valence-electron chi connectivity index (χ3n) is 4.35. The molecule has 0 saturated heterocycles. The van der Waals surface area contributed by atoms with Crippen molar-refractivity contribution in [3.8, 4) is 0 Å². The first-order valence-electron chi connectivity index (χ1n) is 10.1. The molecule has 3 unspecified atom stereocenters. The van der Waals surface area contributed by atoms with Crippen molar-refractivity contribution in [3.05, 3.63) is 35.9 Å². The van der Waals surface area contributed by atoms with Crippen molar-refractivity contribution in [2.75, 3.05) is 21.3 Å². The Labute approximate surface area is 182 Å². The minimum absolute atomic E-state index is 0.0718. The Balaban J connectivity index is 0. The van der Waals surface area contributed by atoms with Crippen molar-refractivity contribution < 1.29 is 28.6 Å². The zero-order valence-electron chi connectivity index (χ0n) is 20.1. The number of rotatable bonds is 10. The standard InChI is InChI=1S/C11H14O2.C8H16O2.C5H10O2/c1-9(12)11(13-2)8-10-6-4-3-5-7-10;1-6(2)5-8(10-4)7(3)9;1-4(6)5(2)7-3/h3-7,11H,8H2,1-2H3;6,8H,5H2,1-4H3;5H,1-3H3. The minimum Gasteiger partial charge on any atom is -0.374 e. The summed E-state index contributed by atoms with van der Waals surface area (Å²) in [5.74, 6) is 0.791. The average Bonchev–Trinajstić information content (AvgIpc) is 2.70. The van der Waals surface area contributed by atoms with Gasteiger partial charge in [0.25, 0.3) is 0 Å². The molecule has 0 aliphatic heterocycles. The fourth-order valence-electron chi connectivity index (χ4n) is 2.24. The van der Waals surface area contributed by atoms with Crippen LogP contribution in [0.4, 0.5) is 0 Å². The molecule has 3 atom stereocenters. The maximum Gasteiger partial charge on any atom is 0.158 e. The van der Waals surface area contributed by atoms with Crippen molar-refractivity contribution in [2.24, 2.45) is 5.92 Å². The van der Waals surface area contributed by atoms with Gasteiger partial charge in [-0.1, -0.05) is 44.2 Å². The maximum absolute atomic E-state index is 11.1. The SMILES string of the molecule is COC(C)C(C)=O.COC(CC(C)C)C(C)=O.COC(Cc1ccccc1)C(C)=O. The lowest BCUT2D eigenvalue weighted by Gasteiger charge is -2.13. The van der Waals surface area contributed by atoms with Gasteiger partial charge in [0.1, 0.15) is 18.3 Å². The van der Waals surface area contributed by atoms with Crippen LogP contribution in [0.25, 0.3) is 0 Å². The molecule has 0 spiro atoms. The number of ether oxygens (including phenoxy) is 3. The van der Waals surface area contributed by atoms with Gasteiger partial charge < -0.3 is 14.2 Å². The Morgan fingerprint density at radius 2 is 1.20 bits per heavy atom. The van der Waals surface area contributed by atoms with E-state index in [2.05, 4.69) is 18.6 Å². The number of Topliss-reactive ketones (excluding diaryl/α,β-unsaturated/α-hetero) is 3. The monoisotopic (exact) mass is 424 g/mol. The van der Waals surface area contributed by atoms with Crippen LogP contribution in [0, 0.1) is 5.92 Å². The molecule has 6 nitrogen and oxygen atoms in total. The molecule has 0 fully saturated rings. The van der Waals surface area contributed by atoms with E-state index in [1.54, 1.807) is 35.0 Å². The van der Waals surface area contributed by atoms with Gasteiger partial charge in [-0.15, -0.1) is 0 Å². The van der Waals surface area contributed by atoms with Crippen LogP contribution < -0.4 is 0 Å². The lowest BCUT2D eigenvalue weighted by molar-refractivity contribution is -0.127. The maximum atomic E-state index is 11.1. The highest BCUT2D eigenvalue weighted by atomic mass is 16.5. The van der Waals surface area contributed by atoms with E-state index in [0.29, 0.717) is 12.3 Å². The first kappa shape index (κ1) is 30.3. The second-order valence-electron chi connectivity index (χ2n) is 7.48. The summed E-state index contributed by atoms with van der Waals surface area (Å²) in [5.41, 5.74) is 1.13. The van der Waals surface area contributed by atoms with E-state index < -0.39 is 0 Å². The molecule has 0 aromatic heterocycles. The molecule has 0 heterocycles. The topological polar surface area (TPSA) is 78.9 Å². The molecule has 0 N–H and O–H groups in total.